The summed E-state index contributed by atoms with van der Waals surface area (Å²) >= 11 is 0. The predicted molar refractivity (Wildman–Crippen MR) is 234 cm³/mol. The number of aromatic nitrogens is 3. The van der Waals surface area contributed by atoms with Crippen LogP contribution in [0.15, 0.2) is 164 Å². The van der Waals surface area contributed by atoms with Crippen molar-refractivity contribution in [2.75, 3.05) is 0 Å². The molecule has 1 aromatic heterocycles. The molecule has 0 fully saturated rings. The molecule has 0 radical (unpaired) electrons. The Morgan fingerprint density at radius 3 is 1.41 bits per heavy atom. The van der Waals surface area contributed by atoms with Crippen LogP contribution in [-0.2, 0) is 0 Å². The first kappa shape index (κ1) is 32.6. The van der Waals surface area contributed by atoms with Gasteiger partial charge < -0.3 is 0 Å². The summed E-state index contributed by atoms with van der Waals surface area (Å²) < 4.78 is 0. The van der Waals surface area contributed by atoms with Crippen molar-refractivity contribution in [1.29, 1.82) is 0 Å². The summed E-state index contributed by atoms with van der Waals surface area (Å²) in [6.45, 7) is 10.1. The molecule has 262 valence electrons. The Morgan fingerprint density at radius 1 is 0.296 bits per heavy atom. The van der Waals surface area contributed by atoms with Crippen LogP contribution in [0.3, 0.4) is 0 Å². The van der Waals surface area contributed by atoms with Gasteiger partial charge in [0, 0.05) is 0 Å². The Labute approximate surface area is 319 Å². The molecule has 8 aromatic rings. The van der Waals surface area contributed by atoms with E-state index in [-0.39, 0.29) is 0 Å². The molecule has 2 aliphatic heterocycles. The van der Waals surface area contributed by atoms with E-state index >= 15 is 0 Å². The van der Waals surface area contributed by atoms with Gasteiger partial charge in [0.25, 0.3) is 0 Å². The number of nitrogens with zero attached hydrogens (tertiary/aromatic N) is 3. The standard InChI is InChI=1S/C49H41N3Si2/c1-53(2)43-26-15-14-23-38(43)42-31-36(30-40(46(42)53)33-19-10-6-11-20-33)49-51-47(34-21-12-7-13-22-34)50-48(52-49)35-27-28-44-41(29-35)39-25-16-24-37(45(39)54(44,3)4)32-17-8-5-9-18-32/h5-31,53-54H,1-4H3/q-2. The van der Waals surface area contributed by atoms with Gasteiger partial charge in [0.15, 0.2) is 0 Å². The quantitative estimate of drug-likeness (QED) is 0.166. The third-order valence-corrected chi connectivity index (χ3v) is 20.5. The van der Waals surface area contributed by atoms with Crippen LogP contribution in [0.5, 0.6) is 0 Å². The molecule has 0 aliphatic carbocycles. The molecule has 0 bridgehead atoms. The number of hydrogen-bond acceptors (Lipinski definition) is 3. The van der Waals surface area contributed by atoms with E-state index in [0.717, 1.165) is 16.7 Å². The van der Waals surface area contributed by atoms with Gasteiger partial charge in [-0.3, -0.25) is 0 Å². The number of fused-ring (bicyclic) bond motifs is 6. The second-order valence-corrected chi connectivity index (χ2v) is 26.2. The van der Waals surface area contributed by atoms with Crippen LogP contribution >= 0.6 is 0 Å². The fourth-order valence-electron chi connectivity index (χ4n) is 9.68. The molecule has 3 nitrogen and oxygen atoms in total. The van der Waals surface area contributed by atoms with Crippen LogP contribution in [0.1, 0.15) is 0 Å². The molecule has 3 heterocycles. The monoisotopic (exact) mass is 727 g/mol. The Bertz CT molecular complexity index is 2760. The van der Waals surface area contributed by atoms with E-state index in [9.17, 15) is 0 Å². The predicted octanol–water partition coefficient (Wildman–Crippen LogP) is 9.28. The molecule has 0 amide bonds. The minimum absolute atomic E-state index is 0.679. The second-order valence-electron chi connectivity index (χ2n) is 16.3. The third-order valence-electron chi connectivity index (χ3n) is 12.2. The Kier molecular flexibility index (Phi) is 7.41. The summed E-state index contributed by atoms with van der Waals surface area (Å²) in [5.74, 6) is 2.06. The zero-order valence-electron chi connectivity index (χ0n) is 31.1. The van der Waals surface area contributed by atoms with E-state index in [4.69, 9.17) is 15.0 Å². The van der Waals surface area contributed by atoms with Gasteiger partial charge >= 0.3 is 320 Å². The van der Waals surface area contributed by atoms with Crippen molar-refractivity contribution < 1.29 is 0 Å². The first-order chi connectivity index (χ1) is 26.3. The molecule has 54 heavy (non-hydrogen) atoms. The van der Waals surface area contributed by atoms with Gasteiger partial charge in [0.05, 0.1) is 0 Å². The molecule has 5 heteroatoms. The summed E-state index contributed by atoms with van der Waals surface area (Å²) in [7, 11) is -4.72. The fraction of sp³-hybridized carbons (Fsp3) is 0.0816. The molecule has 10 rings (SSSR count). The maximum atomic E-state index is 5.34. The maximum absolute atomic E-state index is 5.34. The van der Waals surface area contributed by atoms with Crippen LogP contribution < -0.4 is 20.7 Å². The molecule has 0 unspecified atom stereocenters. The Balaban J connectivity index is 1.19. The molecule has 0 atom stereocenters. The molecule has 2 aliphatic rings. The molecule has 7 aromatic carbocycles. The third kappa shape index (κ3) is 5.03. The van der Waals surface area contributed by atoms with Crippen molar-refractivity contribution in [1.82, 2.24) is 15.0 Å². The van der Waals surface area contributed by atoms with E-state index < -0.39 is 16.1 Å². The van der Waals surface area contributed by atoms with E-state index in [1.54, 1.807) is 0 Å². The summed E-state index contributed by atoms with van der Waals surface area (Å²) in [6, 6.07) is 59.5. The SMILES string of the molecule is C[SiH-]1(C)c2ccc(-c3nc(-c4ccccc4)nc(-c4cc(-c5ccccc5)c5c(c4)-c4ccccc4[SiH-]5(C)C)n3)cc2-c2cccc(-c3ccccc3)c21. The molecule has 0 saturated carbocycles. The average molecular weight is 728 g/mol. The van der Waals surface area contributed by atoms with Crippen LogP contribution in [0, 0.1) is 0 Å². The molecule has 0 saturated heterocycles. The minimum atomic E-state index is -2.37. The molecule has 0 N–H and O–H groups in total. The van der Waals surface area contributed by atoms with E-state index in [2.05, 4.69) is 184 Å². The molecule has 0 spiro atoms. The first-order valence-electron chi connectivity index (χ1n) is 19.3. The van der Waals surface area contributed by atoms with Crippen molar-refractivity contribution in [2.45, 2.75) is 26.2 Å². The van der Waals surface area contributed by atoms with Gasteiger partial charge in [-0.1, -0.05) is 0 Å². The summed E-state index contributed by atoms with van der Waals surface area (Å²) in [5, 5.41) is 6.04. The van der Waals surface area contributed by atoms with Gasteiger partial charge in [-0.2, -0.15) is 0 Å². The number of benzene rings is 7. The van der Waals surface area contributed by atoms with Gasteiger partial charge in [-0.25, -0.2) is 0 Å². The second kappa shape index (κ2) is 12.3. The Hall–Kier alpha value is -6.02. The number of hydrogen-bond donors (Lipinski definition) is 0. The van der Waals surface area contributed by atoms with E-state index in [0.29, 0.717) is 17.5 Å². The van der Waals surface area contributed by atoms with Crippen LogP contribution in [0.2, 0.25) is 26.2 Å². The zero-order valence-corrected chi connectivity index (χ0v) is 33.4. The van der Waals surface area contributed by atoms with Crippen molar-refractivity contribution in [3.05, 3.63) is 164 Å². The summed E-state index contributed by atoms with van der Waals surface area (Å²) in [4.78, 5) is 15.8. The van der Waals surface area contributed by atoms with Gasteiger partial charge in [0.2, 0.25) is 0 Å². The zero-order chi connectivity index (χ0) is 36.6. The van der Waals surface area contributed by atoms with Crippen molar-refractivity contribution in [3.63, 3.8) is 0 Å². The van der Waals surface area contributed by atoms with Crippen molar-refractivity contribution in [2.24, 2.45) is 0 Å². The van der Waals surface area contributed by atoms with E-state index in [1.165, 1.54) is 65.3 Å². The first-order valence-corrected chi connectivity index (χ1v) is 26.2. The van der Waals surface area contributed by atoms with Gasteiger partial charge in [-0.05, 0) is 0 Å². The van der Waals surface area contributed by atoms with Crippen LogP contribution in [-0.4, -0.2) is 31.1 Å². The average Bonchev–Trinajstić information content (AvgIpc) is 3.60. The van der Waals surface area contributed by atoms with E-state index in [1.807, 2.05) is 6.07 Å². The fourth-order valence-corrected chi connectivity index (χ4v) is 17.6. The van der Waals surface area contributed by atoms with Crippen LogP contribution in [0.25, 0.3) is 78.7 Å². The van der Waals surface area contributed by atoms with Gasteiger partial charge in [-0.15, -0.1) is 0 Å². The Morgan fingerprint density at radius 2 is 0.741 bits per heavy atom. The molecular weight excluding hydrogens is 687 g/mol. The summed E-state index contributed by atoms with van der Waals surface area (Å²) in [5.41, 5.74) is 13.5. The molecular formula is C49H41N3Si2-2. The van der Waals surface area contributed by atoms with Crippen molar-refractivity contribution >= 4 is 36.9 Å². The topological polar surface area (TPSA) is 38.7 Å². The van der Waals surface area contributed by atoms with Gasteiger partial charge in [0.1, 0.15) is 0 Å². The van der Waals surface area contributed by atoms with Crippen molar-refractivity contribution in [3.8, 4) is 78.7 Å². The normalized spacial score (nSPS) is 15.4. The number of rotatable bonds is 5. The van der Waals surface area contributed by atoms with Crippen LogP contribution in [0.4, 0.5) is 0 Å². The summed E-state index contributed by atoms with van der Waals surface area (Å²) in [6.07, 6.45) is 0.